The highest BCUT2D eigenvalue weighted by atomic mass is 32.2. The number of Topliss-reactive ketones (excluding diaryl/α,β-unsaturated/α-hetero) is 2. The van der Waals surface area contributed by atoms with E-state index in [1.807, 2.05) is 0 Å². The van der Waals surface area contributed by atoms with Crippen molar-refractivity contribution in [3.05, 3.63) is 68.5 Å². The van der Waals surface area contributed by atoms with Crippen molar-refractivity contribution in [1.29, 1.82) is 0 Å². The van der Waals surface area contributed by atoms with Crippen LogP contribution in [0, 0.1) is 0 Å². The molecular formula is C18H8O6S2. The molecule has 2 aromatic rings. The van der Waals surface area contributed by atoms with Gasteiger partial charge in [0.2, 0.25) is 11.6 Å². The van der Waals surface area contributed by atoms with Crippen molar-refractivity contribution >= 4 is 47.0 Å². The van der Waals surface area contributed by atoms with E-state index in [0.29, 0.717) is 5.56 Å². The van der Waals surface area contributed by atoms with E-state index in [9.17, 15) is 29.4 Å². The number of hydrogen-bond acceptors (Lipinski definition) is 6. The van der Waals surface area contributed by atoms with Gasteiger partial charge in [0.05, 0.1) is 20.9 Å². The summed E-state index contributed by atoms with van der Waals surface area (Å²) >= 11 is 2.01. The molecule has 4 rings (SSSR count). The van der Waals surface area contributed by atoms with E-state index in [0.717, 1.165) is 22.7 Å². The summed E-state index contributed by atoms with van der Waals surface area (Å²) in [6.45, 7) is 0. The number of hydrogen-bond donors (Lipinski definition) is 2. The number of aromatic carboxylic acids is 2. The van der Waals surface area contributed by atoms with Crippen molar-refractivity contribution in [3.63, 3.8) is 0 Å². The molecule has 8 heteroatoms. The molecule has 0 atom stereocenters. The average Bonchev–Trinajstić information content (AvgIpc) is 3.11. The Morgan fingerprint density at radius 1 is 0.769 bits per heavy atom. The SMILES string of the molecule is O=C1C(=C2Sc3c(ccc(C(=O)O)c3C(=O)O)C2=O)Sc2ccccc21. The molecule has 2 N–H and O–H groups in total. The second kappa shape index (κ2) is 5.86. The Kier molecular flexibility index (Phi) is 3.74. The Hall–Kier alpha value is -2.84. The maximum absolute atomic E-state index is 12.8. The predicted octanol–water partition coefficient (Wildman–Crippen LogP) is 3.57. The van der Waals surface area contributed by atoms with Crippen LogP contribution in [0.3, 0.4) is 0 Å². The molecule has 2 aliphatic heterocycles. The molecule has 0 saturated heterocycles. The molecule has 2 aromatic carbocycles. The van der Waals surface area contributed by atoms with Crippen LogP contribution in [0.15, 0.2) is 56.0 Å². The Labute approximate surface area is 154 Å². The van der Waals surface area contributed by atoms with Crippen molar-refractivity contribution in [2.24, 2.45) is 0 Å². The lowest BCUT2D eigenvalue weighted by molar-refractivity contribution is 0.0648. The first-order valence-corrected chi connectivity index (χ1v) is 8.95. The van der Waals surface area contributed by atoms with Gasteiger partial charge in [-0.3, -0.25) is 9.59 Å². The number of thioether (sulfide) groups is 2. The molecule has 0 fully saturated rings. The van der Waals surface area contributed by atoms with Crippen molar-refractivity contribution in [2.75, 3.05) is 0 Å². The third-order valence-electron chi connectivity index (χ3n) is 4.01. The van der Waals surface area contributed by atoms with E-state index in [-0.39, 0.29) is 26.1 Å². The van der Waals surface area contributed by atoms with Crippen LogP contribution in [-0.4, -0.2) is 33.7 Å². The van der Waals surface area contributed by atoms with Gasteiger partial charge in [-0.2, -0.15) is 0 Å². The van der Waals surface area contributed by atoms with Gasteiger partial charge in [0.25, 0.3) is 0 Å². The topological polar surface area (TPSA) is 109 Å². The number of fused-ring (bicyclic) bond motifs is 2. The average molecular weight is 384 g/mol. The van der Waals surface area contributed by atoms with E-state index >= 15 is 0 Å². The zero-order valence-electron chi connectivity index (χ0n) is 12.8. The lowest BCUT2D eigenvalue weighted by Crippen LogP contribution is -2.10. The number of allylic oxidation sites excluding steroid dienone is 2. The molecule has 0 bridgehead atoms. The second-order valence-electron chi connectivity index (χ2n) is 5.49. The number of carboxylic acids is 2. The summed E-state index contributed by atoms with van der Waals surface area (Å²) in [5.41, 5.74) is -0.230. The Morgan fingerprint density at radius 2 is 1.42 bits per heavy atom. The predicted molar refractivity (Wildman–Crippen MR) is 94.2 cm³/mol. The normalized spacial score (nSPS) is 18.0. The van der Waals surface area contributed by atoms with Gasteiger partial charge in [-0.25, -0.2) is 9.59 Å². The molecule has 0 spiro atoms. The summed E-state index contributed by atoms with van der Waals surface area (Å²) in [5, 5.41) is 18.7. The number of benzene rings is 2. The van der Waals surface area contributed by atoms with Crippen LogP contribution in [0.1, 0.15) is 41.4 Å². The van der Waals surface area contributed by atoms with Crippen LogP contribution >= 0.6 is 23.5 Å². The highest BCUT2D eigenvalue weighted by Crippen LogP contribution is 2.50. The maximum Gasteiger partial charge on any atom is 0.337 e. The smallest absolute Gasteiger partial charge is 0.337 e. The van der Waals surface area contributed by atoms with Crippen LogP contribution in [0.2, 0.25) is 0 Å². The standard InChI is InChI=1S/C18H8O6S2/c19-12-7-3-1-2-4-10(7)25-15(12)16-13(20)9-6-5-8(17(21)22)11(18(23)24)14(9)26-16/h1-6H,(H,21,22)(H,23,24). The zero-order valence-corrected chi connectivity index (χ0v) is 14.4. The third-order valence-corrected chi connectivity index (χ3v) is 6.53. The van der Waals surface area contributed by atoms with Gasteiger partial charge in [-0.1, -0.05) is 35.7 Å². The Balaban J connectivity index is 1.88. The van der Waals surface area contributed by atoms with Gasteiger partial charge in [-0.05, 0) is 24.3 Å². The quantitative estimate of drug-likeness (QED) is 0.757. The lowest BCUT2D eigenvalue weighted by Gasteiger charge is -2.05. The molecule has 0 aliphatic carbocycles. The number of ketones is 2. The molecule has 2 aliphatic rings. The maximum atomic E-state index is 12.8. The number of carbonyl (C=O) groups excluding carboxylic acids is 2. The molecule has 6 nitrogen and oxygen atoms in total. The fourth-order valence-electron chi connectivity index (χ4n) is 2.85. The van der Waals surface area contributed by atoms with Crippen LogP contribution < -0.4 is 0 Å². The second-order valence-corrected chi connectivity index (χ2v) is 7.56. The van der Waals surface area contributed by atoms with Crippen molar-refractivity contribution in [1.82, 2.24) is 0 Å². The number of rotatable bonds is 2. The first-order chi connectivity index (χ1) is 12.4. The molecular weight excluding hydrogens is 376 g/mol. The first-order valence-electron chi connectivity index (χ1n) is 7.32. The van der Waals surface area contributed by atoms with E-state index in [1.165, 1.54) is 17.8 Å². The Morgan fingerprint density at radius 3 is 2.08 bits per heavy atom. The minimum Gasteiger partial charge on any atom is -0.478 e. The summed E-state index contributed by atoms with van der Waals surface area (Å²) < 4.78 is 0. The molecule has 26 heavy (non-hydrogen) atoms. The van der Waals surface area contributed by atoms with Gasteiger partial charge in [0, 0.05) is 20.9 Å². The minimum atomic E-state index is -1.43. The van der Waals surface area contributed by atoms with Gasteiger partial charge in [-0.15, -0.1) is 0 Å². The molecule has 0 radical (unpaired) electrons. The number of carboxylic acid groups (broad SMARTS) is 2. The number of carbonyl (C=O) groups is 4. The van der Waals surface area contributed by atoms with Gasteiger partial charge in [0.1, 0.15) is 0 Å². The van der Waals surface area contributed by atoms with E-state index in [2.05, 4.69) is 0 Å². The summed E-state index contributed by atoms with van der Waals surface area (Å²) in [6, 6.07) is 9.35. The van der Waals surface area contributed by atoms with Gasteiger partial charge < -0.3 is 10.2 Å². The molecule has 0 aromatic heterocycles. The van der Waals surface area contributed by atoms with Crippen LogP contribution in [0.5, 0.6) is 0 Å². The third kappa shape index (κ3) is 2.30. The molecule has 2 heterocycles. The van der Waals surface area contributed by atoms with E-state index in [4.69, 9.17) is 0 Å². The van der Waals surface area contributed by atoms with Crippen LogP contribution in [0.4, 0.5) is 0 Å². The van der Waals surface area contributed by atoms with E-state index in [1.54, 1.807) is 24.3 Å². The summed E-state index contributed by atoms with van der Waals surface area (Å²) in [4.78, 5) is 49.4. The molecule has 128 valence electrons. The zero-order chi connectivity index (χ0) is 18.6. The summed E-state index contributed by atoms with van der Waals surface area (Å²) in [7, 11) is 0. The lowest BCUT2D eigenvalue weighted by atomic mass is 10.0. The van der Waals surface area contributed by atoms with Gasteiger partial charge >= 0.3 is 11.9 Å². The van der Waals surface area contributed by atoms with E-state index < -0.39 is 28.8 Å². The summed E-state index contributed by atoms with van der Waals surface area (Å²) in [6.07, 6.45) is 0. The minimum absolute atomic E-state index is 0.0641. The fraction of sp³-hybridized carbons (Fsp3) is 0. The molecule has 0 amide bonds. The van der Waals surface area contributed by atoms with Crippen molar-refractivity contribution in [2.45, 2.75) is 9.79 Å². The largest absolute Gasteiger partial charge is 0.478 e. The van der Waals surface area contributed by atoms with Gasteiger partial charge in [0.15, 0.2) is 0 Å². The highest BCUT2D eigenvalue weighted by molar-refractivity contribution is 8.08. The Bertz CT molecular complexity index is 1080. The van der Waals surface area contributed by atoms with Crippen molar-refractivity contribution in [3.8, 4) is 0 Å². The molecule has 0 saturated carbocycles. The van der Waals surface area contributed by atoms with Crippen LogP contribution in [-0.2, 0) is 0 Å². The summed E-state index contributed by atoms with van der Waals surface area (Å²) in [5.74, 6) is -3.57. The van der Waals surface area contributed by atoms with Crippen LogP contribution in [0.25, 0.3) is 0 Å². The monoisotopic (exact) mass is 384 g/mol. The molecule has 0 unspecified atom stereocenters. The highest BCUT2D eigenvalue weighted by Gasteiger charge is 2.39. The fourth-order valence-corrected chi connectivity index (χ4v) is 5.29. The first kappa shape index (κ1) is 16.6. The van der Waals surface area contributed by atoms with Crippen molar-refractivity contribution < 1.29 is 29.4 Å².